The fraction of sp³-hybridized carbons (Fsp3) is 0.138. The lowest BCUT2D eigenvalue weighted by Crippen LogP contribution is -2.15. The summed E-state index contributed by atoms with van der Waals surface area (Å²) in [5.74, 6) is 0.0422. The van der Waals surface area contributed by atoms with Gasteiger partial charge >= 0.3 is 6.18 Å². The van der Waals surface area contributed by atoms with Crippen molar-refractivity contribution in [3.05, 3.63) is 96.1 Å². The molecule has 1 heterocycles. The minimum absolute atomic E-state index is 0.0343. The highest BCUT2D eigenvalue weighted by Gasteiger charge is 2.30. The van der Waals surface area contributed by atoms with Crippen LogP contribution in [0.2, 0.25) is 0 Å². The van der Waals surface area contributed by atoms with Gasteiger partial charge in [-0.05, 0) is 61.0 Å². The Morgan fingerprint density at radius 1 is 1.00 bits per heavy atom. The predicted molar refractivity (Wildman–Crippen MR) is 142 cm³/mol. The molecule has 0 saturated heterocycles. The van der Waals surface area contributed by atoms with Crippen molar-refractivity contribution < 1.29 is 22.7 Å². The molecule has 4 aromatic rings. The van der Waals surface area contributed by atoms with E-state index in [2.05, 4.69) is 16.4 Å². The van der Waals surface area contributed by atoms with Crippen molar-refractivity contribution in [1.29, 1.82) is 5.26 Å². The van der Waals surface area contributed by atoms with Crippen molar-refractivity contribution in [1.82, 2.24) is 4.98 Å². The van der Waals surface area contributed by atoms with Gasteiger partial charge in [0.15, 0.2) is 0 Å². The molecule has 0 bridgehead atoms. The summed E-state index contributed by atoms with van der Waals surface area (Å²) in [6.45, 7) is 2.44. The normalized spacial score (nSPS) is 11.0. The van der Waals surface area contributed by atoms with E-state index in [1.54, 1.807) is 0 Å². The third-order valence-corrected chi connectivity index (χ3v) is 6.43. The maximum atomic E-state index is 13.0. The summed E-state index contributed by atoms with van der Waals surface area (Å²) in [6.07, 6.45) is -4.52. The van der Waals surface area contributed by atoms with E-state index in [0.717, 1.165) is 35.0 Å². The molecule has 5 nitrogen and oxygen atoms in total. The second-order valence-electron chi connectivity index (χ2n) is 8.09. The van der Waals surface area contributed by atoms with Gasteiger partial charge in [0, 0.05) is 16.8 Å². The number of carbonyl (C=O) groups is 1. The van der Waals surface area contributed by atoms with Gasteiger partial charge in [0.2, 0.25) is 5.91 Å². The molecule has 0 aliphatic carbocycles. The summed E-state index contributed by atoms with van der Waals surface area (Å²) in [7, 11) is 0. The molecule has 0 atom stereocenters. The van der Waals surface area contributed by atoms with Gasteiger partial charge in [0.05, 0.1) is 29.2 Å². The van der Waals surface area contributed by atoms with Crippen LogP contribution in [0.25, 0.3) is 22.4 Å². The minimum Gasteiger partial charge on any atom is -0.494 e. The van der Waals surface area contributed by atoms with Crippen LogP contribution >= 0.6 is 11.8 Å². The van der Waals surface area contributed by atoms with Gasteiger partial charge in [-0.1, -0.05) is 48.2 Å². The number of anilines is 1. The third kappa shape index (κ3) is 6.52. The van der Waals surface area contributed by atoms with Crippen molar-refractivity contribution in [3.8, 4) is 34.2 Å². The van der Waals surface area contributed by atoms with E-state index in [9.17, 15) is 23.2 Å². The van der Waals surface area contributed by atoms with E-state index in [4.69, 9.17) is 4.74 Å². The zero-order valence-corrected chi connectivity index (χ0v) is 21.1. The molecule has 3 aromatic carbocycles. The molecule has 0 fully saturated rings. The Kier molecular flexibility index (Phi) is 8.34. The molecule has 0 aliphatic heterocycles. The van der Waals surface area contributed by atoms with Crippen LogP contribution in [0, 0.1) is 11.3 Å². The molecular formula is C29H22F3N3O2S. The van der Waals surface area contributed by atoms with Crippen LogP contribution in [-0.2, 0) is 11.0 Å². The Morgan fingerprint density at radius 2 is 1.74 bits per heavy atom. The molecule has 0 saturated carbocycles. The molecule has 0 unspecified atom stereocenters. The SMILES string of the molecule is CCOc1ccc(-c2cc(-c3ccccc3)c(C#N)c(SCC(=O)Nc3cccc(C(F)(F)F)c3)n2)cc1. The Morgan fingerprint density at radius 3 is 2.39 bits per heavy atom. The molecule has 0 spiro atoms. The van der Waals surface area contributed by atoms with Crippen molar-refractivity contribution in [2.24, 2.45) is 0 Å². The highest BCUT2D eigenvalue weighted by atomic mass is 32.2. The Balaban J connectivity index is 1.64. The van der Waals surface area contributed by atoms with Crippen LogP contribution in [0.15, 0.2) is 90.0 Å². The van der Waals surface area contributed by atoms with Gasteiger partial charge in [-0.25, -0.2) is 4.98 Å². The Labute approximate surface area is 222 Å². The molecule has 1 amide bonds. The molecule has 9 heteroatoms. The first kappa shape index (κ1) is 26.8. The number of ether oxygens (including phenoxy) is 1. The number of amides is 1. The van der Waals surface area contributed by atoms with Crippen molar-refractivity contribution in [2.75, 3.05) is 17.7 Å². The maximum Gasteiger partial charge on any atom is 0.416 e. The second kappa shape index (κ2) is 11.8. The standard InChI is InChI=1S/C29H22F3N3O2S/c1-2-37-23-13-11-20(12-14-23)26-16-24(19-7-4-3-5-8-19)25(17-33)28(35-26)38-18-27(36)34-22-10-6-9-21(15-22)29(30,31)32/h3-16H,2,18H2,1H3,(H,34,36). The van der Waals surface area contributed by atoms with Crippen molar-refractivity contribution in [3.63, 3.8) is 0 Å². The van der Waals surface area contributed by atoms with Gasteiger partial charge in [0.25, 0.3) is 0 Å². The van der Waals surface area contributed by atoms with Crippen LogP contribution in [0.1, 0.15) is 18.1 Å². The van der Waals surface area contributed by atoms with Crippen LogP contribution < -0.4 is 10.1 Å². The molecule has 1 aromatic heterocycles. The molecule has 0 radical (unpaired) electrons. The fourth-order valence-corrected chi connectivity index (χ4v) is 4.52. The molecule has 0 aliphatic rings. The first-order valence-corrected chi connectivity index (χ1v) is 12.6. The molecule has 192 valence electrons. The number of carbonyl (C=O) groups excluding carboxylic acids is 1. The number of rotatable bonds is 8. The third-order valence-electron chi connectivity index (χ3n) is 5.46. The average molecular weight is 534 g/mol. The van der Waals surface area contributed by atoms with E-state index in [1.165, 1.54) is 12.1 Å². The van der Waals surface area contributed by atoms with E-state index in [0.29, 0.717) is 34.2 Å². The fourth-order valence-electron chi connectivity index (χ4n) is 3.72. The van der Waals surface area contributed by atoms with E-state index < -0.39 is 17.6 Å². The van der Waals surface area contributed by atoms with Crippen molar-refractivity contribution in [2.45, 2.75) is 18.1 Å². The van der Waals surface area contributed by atoms with Gasteiger partial charge < -0.3 is 10.1 Å². The van der Waals surface area contributed by atoms with Crippen LogP contribution in [0.5, 0.6) is 5.75 Å². The summed E-state index contributed by atoms with van der Waals surface area (Å²) < 4.78 is 44.5. The minimum atomic E-state index is -4.52. The number of alkyl halides is 3. The summed E-state index contributed by atoms with van der Waals surface area (Å²) in [6, 6.07) is 25.2. The second-order valence-corrected chi connectivity index (χ2v) is 9.05. The summed E-state index contributed by atoms with van der Waals surface area (Å²) >= 11 is 1.05. The van der Waals surface area contributed by atoms with Crippen LogP contribution in [0.3, 0.4) is 0 Å². The van der Waals surface area contributed by atoms with Gasteiger partial charge in [0.1, 0.15) is 16.8 Å². The lowest BCUT2D eigenvalue weighted by atomic mass is 9.99. The predicted octanol–water partition coefficient (Wildman–Crippen LogP) is 7.44. The number of nitriles is 1. The van der Waals surface area contributed by atoms with Gasteiger partial charge in [-0.15, -0.1) is 0 Å². The number of halogens is 3. The van der Waals surface area contributed by atoms with Crippen LogP contribution in [0.4, 0.5) is 18.9 Å². The first-order valence-electron chi connectivity index (χ1n) is 11.6. The number of nitrogens with one attached hydrogen (secondary N) is 1. The number of nitrogens with zero attached hydrogens (tertiary/aromatic N) is 2. The topological polar surface area (TPSA) is 75.0 Å². The quantitative estimate of drug-likeness (QED) is 0.238. The number of hydrogen-bond acceptors (Lipinski definition) is 5. The smallest absolute Gasteiger partial charge is 0.416 e. The molecular weight excluding hydrogens is 511 g/mol. The lowest BCUT2D eigenvalue weighted by molar-refractivity contribution is -0.137. The molecule has 38 heavy (non-hydrogen) atoms. The highest BCUT2D eigenvalue weighted by Crippen LogP contribution is 2.35. The largest absolute Gasteiger partial charge is 0.494 e. The highest BCUT2D eigenvalue weighted by molar-refractivity contribution is 8.00. The summed E-state index contributed by atoms with van der Waals surface area (Å²) in [5.41, 5.74) is 2.36. The number of aromatic nitrogens is 1. The zero-order valence-electron chi connectivity index (χ0n) is 20.3. The van der Waals surface area contributed by atoms with Gasteiger partial charge in [-0.2, -0.15) is 18.4 Å². The monoisotopic (exact) mass is 533 g/mol. The average Bonchev–Trinajstić information content (AvgIpc) is 2.92. The van der Waals surface area contributed by atoms with Crippen LogP contribution in [-0.4, -0.2) is 23.3 Å². The summed E-state index contributed by atoms with van der Waals surface area (Å²) in [5, 5.41) is 12.8. The Bertz CT molecular complexity index is 1470. The maximum absolute atomic E-state index is 13.0. The molecule has 1 N–H and O–H groups in total. The Hall–Kier alpha value is -4.29. The number of thioether (sulfide) groups is 1. The number of benzene rings is 3. The summed E-state index contributed by atoms with van der Waals surface area (Å²) in [4.78, 5) is 17.3. The van der Waals surface area contributed by atoms with E-state index in [-0.39, 0.29) is 11.4 Å². The van der Waals surface area contributed by atoms with E-state index >= 15 is 0 Å². The molecule has 4 rings (SSSR count). The van der Waals surface area contributed by atoms with Gasteiger partial charge in [-0.3, -0.25) is 4.79 Å². The number of pyridine rings is 1. The number of hydrogen-bond donors (Lipinski definition) is 1. The first-order chi connectivity index (χ1) is 18.3. The lowest BCUT2D eigenvalue weighted by Gasteiger charge is -2.13. The van der Waals surface area contributed by atoms with Crippen molar-refractivity contribution >= 4 is 23.4 Å². The van der Waals surface area contributed by atoms with E-state index in [1.807, 2.05) is 67.6 Å². The zero-order chi connectivity index (χ0) is 27.1.